The molecule has 0 spiro atoms. The Hall–Kier alpha value is -3.13. The summed E-state index contributed by atoms with van der Waals surface area (Å²) in [5.74, 6) is 0. The number of pyridine rings is 1. The fourth-order valence-corrected chi connectivity index (χ4v) is 6.37. The summed E-state index contributed by atoms with van der Waals surface area (Å²) in [6.07, 6.45) is 7.80. The second-order valence-electron chi connectivity index (χ2n) is 10.1. The van der Waals surface area contributed by atoms with Gasteiger partial charge in [-0.25, -0.2) is 0 Å². The third kappa shape index (κ3) is 4.43. The minimum Gasteiger partial charge on any atom is -0.364 e. The molecule has 1 aromatic heterocycles. The lowest BCUT2D eigenvalue weighted by Crippen LogP contribution is -2.32. The molecule has 3 aromatic carbocycles. The predicted octanol–water partition coefficient (Wildman–Crippen LogP) is 8.88. The van der Waals surface area contributed by atoms with Crippen LogP contribution in [0.2, 0.25) is 0 Å². The van der Waals surface area contributed by atoms with E-state index in [4.69, 9.17) is 4.98 Å². The van der Waals surface area contributed by atoms with Gasteiger partial charge in [0.2, 0.25) is 0 Å². The highest BCUT2D eigenvalue weighted by atomic mass is 15.2. The average molecular weight is 477 g/mol. The third-order valence-corrected chi connectivity index (χ3v) is 8.01. The van der Waals surface area contributed by atoms with Crippen molar-refractivity contribution in [3.63, 3.8) is 0 Å². The van der Waals surface area contributed by atoms with Crippen LogP contribution in [0.1, 0.15) is 80.9 Å². The quantitative estimate of drug-likeness (QED) is 0.252. The van der Waals surface area contributed by atoms with E-state index in [1.807, 2.05) is 0 Å². The van der Waals surface area contributed by atoms with Gasteiger partial charge >= 0.3 is 0 Å². The van der Waals surface area contributed by atoms with Crippen LogP contribution >= 0.6 is 0 Å². The highest BCUT2D eigenvalue weighted by Gasteiger charge is 2.30. The maximum Gasteiger partial charge on any atom is 0.0713 e. The molecule has 4 aromatic rings. The van der Waals surface area contributed by atoms with Gasteiger partial charge in [-0.15, -0.1) is 0 Å². The Balaban J connectivity index is 1.67. The predicted molar refractivity (Wildman–Crippen MR) is 155 cm³/mol. The van der Waals surface area contributed by atoms with Crippen molar-refractivity contribution in [3.05, 3.63) is 94.7 Å². The highest BCUT2D eigenvalue weighted by molar-refractivity contribution is 5.94. The lowest BCUT2D eigenvalue weighted by atomic mass is 9.83. The summed E-state index contributed by atoms with van der Waals surface area (Å²) in [4.78, 5) is 8.09. The summed E-state index contributed by atoms with van der Waals surface area (Å²) >= 11 is 0. The van der Waals surface area contributed by atoms with E-state index >= 15 is 0 Å². The van der Waals surface area contributed by atoms with Gasteiger partial charge in [0.05, 0.1) is 11.7 Å². The SMILES string of the molecule is CCCc1cc(-c2c(CC)cccc2CC)nc2c1C(N(CC)c1cccc3ccccc13)CCC2. The number of anilines is 1. The molecule has 2 heteroatoms. The number of hydrogen-bond acceptors (Lipinski definition) is 2. The molecule has 5 rings (SSSR count). The molecule has 0 amide bonds. The van der Waals surface area contributed by atoms with E-state index in [9.17, 15) is 0 Å². The number of rotatable bonds is 8. The Morgan fingerprint density at radius 1 is 0.833 bits per heavy atom. The summed E-state index contributed by atoms with van der Waals surface area (Å²) < 4.78 is 0. The van der Waals surface area contributed by atoms with Crippen molar-refractivity contribution in [1.29, 1.82) is 0 Å². The summed E-state index contributed by atoms with van der Waals surface area (Å²) in [6.45, 7) is 10.1. The molecular weight excluding hydrogens is 436 g/mol. The summed E-state index contributed by atoms with van der Waals surface area (Å²) in [5.41, 5.74) is 11.1. The minimum absolute atomic E-state index is 0.375. The van der Waals surface area contributed by atoms with Crippen molar-refractivity contribution in [1.82, 2.24) is 4.98 Å². The molecule has 1 heterocycles. The number of nitrogens with zero attached hydrogens (tertiary/aromatic N) is 2. The van der Waals surface area contributed by atoms with Crippen LogP contribution in [-0.2, 0) is 25.7 Å². The van der Waals surface area contributed by atoms with Crippen molar-refractivity contribution in [2.75, 3.05) is 11.4 Å². The number of hydrogen-bond donors (Lipinski definition) is 0. The van der Waals surface area contributed by atoms with Gasteiger partial charge < -0.3 is 4.90 Å². The van der Waals surface area contributed by atoms with Crippen molar-refractivity contribution in [2.45, 2.75) is 78.7 Å². The van der Waals surface area contributed by atoms with E-state index < -0.39 is 0 Å². The van der Waals surface area contributed by atoms with E-state index in [1.54, 1.807) is 0 Å². The fraction of sp³-hybridized carbons (Fsp3) is 0.382. The molecule has 1 atom stereocenters. The van der Waals surface area contributed by atoms with Gasteiger partial charge in [-0.3, -0.25) is 4.98 Å². The van der Waals surface area contributed by atoms with Crippen molar-refractivity contribution >= 4 is 16.5 Å². The van der Waals surface area contributed by atoms with E-state index in [0.29, 0.717) is 6.04 Å². The Bertz CT molecular complexity index is 1330. The van der Waals surface area contributed by atoms with E-state index in [0.717, 1.165) is 38.6 Å². The average Bonchev–Trinajstić information content (AvgIpc) is 2.93. The first-order valence-electron chi connectivity index (χ1n) is 14.1. The molecular formula is C34H40N2. The first-order valence-corrected chi connectivity index (χ1v) is 14.1. The summed E-state index contributed by atoms with van der Waals surface area (Å²) in [6, 6.07) is 25.2. The standard InChI is InChI=1S/C34H40N2/c1-5-14-27-23-30(33-24(6-2)16-11-17-25(33)7-3)35-29-20-13-22-32(34(27)29)36(8-4)31-21-12-18-26-15-9-10-19-28(26)31/h9-12,15-19,21,23,32H,5-8,13-14,20,22H2,1-4H3. The molecule has 0 radical (unpaired) electrons. The van der Waals surface area contributed by atoms with Crippen LogP contribution in [0.4, 0.5) is 5.69 Å². The van der Waals surface area contributed by atoms with Crippen molar-refractivity contribution in [3.8, 4) is 11.3 Å². The first-order chi connectivity index (χ1) is 17.7. The Labute approximate surface area is 217 Å². The second kappa shape index (κ2) is 10.9. The molecule has 0 bridgehead atoms. The molecule has 36 heavy (non-hydrogen) atoms. The molecule has 0 N–H and O–H groups in total. The number of benzene rings is 3. The van der Waals surface area contributed by atoms with Gasteiger partial charge in [0.25, 0.3) is 0 Å². The van der Waals surface area contributed by atoms with Crippen LogP contribution in [0, 0.1) is 0 Å². The molecule has 0 fully saturated rings. The van der Waals surface area contributed by atoms with Crippen molar-refractivity contribution in [2.24, 2.45) is 0 Å². The molecule has 186 valence electrons. The Morgan fingerprint density at radius 3 is 2.28 bits per heavy atom. The normalized spacial score (nSPS) is 15.2. The first kappa shape index (κ1) is 24.6. The highest BCUT2D eigenvalue weighted by Crippen LogP contribution is 2.42. The zero-order chi connectivity index (χ0) is 25.1. The van der Waals surface area contributed by atoms with Crippen molar-refractivity contribution < 1.29 is 0 Å². The molecule has 1 unspecified atom stereocenters. The lowest BCUT2D eigenvalue weighted by Gasteiger charge is -2.38. The lowest BCUT2D eigenvalue weighted by molar-refractivity contribution is 0.515. The fourth-order valence-electron chi connectivity index (χ4n) is 6.37. The zero-order valence-corrected chi connectivity index (χ0v) is 22.5. The third-order valence-electron chi connectivity index (χ3n) is 8.01. The number of aryl methyl sites for hydroxylation is 4. The van der Waals surface area contributed by atoms with Crippen LogP contribution in [0.3, 0.4) is 0 Å². The van der Waals surface area contributed by atoms with Gasteiger partial charge in [-0.05, 0) is 85.2 Å². The van der Waals surface area contributed by atoms with Crippen LogP contribution < -0.4 is 4.90 Å². The monoisotopic (exact) mass is 476 g/mol. The Kier molecular flexibility index (Phi) is 7.41. The maximum atomic E-state index is 5.44. The second-order valence-corrected chi connectivity index (χ2v) is 10.1. The minimum atomic E-state index is 0.375. The molecule has 0 saturated heterocycles. The van der Waals surface area contributed by atoms with Crippen LogP contribution in [0.5, 0.6) is 0 Å². The largest absolute Gasteiger partial charge is 0.364 e. The molecule has 0 aliphatic heterocycles. The van der Waals surface area contributed by atoms with Gasteiger partial charge in [0, 0.05) is 28.9 Å². The zero-order valence-electron chi connectivity index (χ0n) is 22.5. The maximum absolute atomic E-state index is 5.44. The van der Waals surface area contributed by atoms with Gasteiger partial charge in [0.15, 0.2) is 0 Å². The Morgan fingerprint density at radius 2 is 1.56 bits per heavy atom. The van der Waals surface area contributed by atoms with Crippen LogP contribution in [-0.4, -0.2) is 11.5 Å². The summed E-state index contributed by atoms with van der Waals surface area (Å²) in [5, 5.41) is 2.66. The van der Waals surface area contributed by atoms with E-state index in [2.05, 4.69) is 99.3 Å². The molecule has 0 saturated carbocycles. The van der Waals surface area contributed by atoms with E-state index in [1.165, 1.54) is 68.5 Å². The topological polar surface area (TPSA) is 16.1 Å². The molecule has 1 aliphatic carbocycles. The number of aromatic nitrogens is 1. The van der Waals surface area contributed by atoms with Gasteiger partial charge in [-0.2, -0.15) is 0 Å². The molecule has 1 aliphatic rings. The van der Waals surface area contributed by atoms with Gasteiger partial charge in [0.1, 0.15) is 0 Å². The summed E-state index contributed by atoms with van der Waals surface area (Å²) in [7, 11) is 0. The molecule has 2 nitrogen and oxygen atoms in total. The number of fused-ring (bicyclic) bond motifs is 2. The smallest absolute Gasteiger partial charge is 0.0713 e. The van der Waals surface area contributed by atoms with Crippen LogP contribution in [0.25, 0.3) is 22.0 Å². The van der Waals surface area contributed by atoms with Gasteiger partial charge in [-0.1, -0.05) is 81.8 Å². The van der Waals surface area contributed by atoms with E-state index in [-0.39, 0.29) is 0 Å². The van der Waals surface area contributed by atoms with Crippen LogP contribution in [0.15, 0.2) is 66.7 Å².